The van der Waals surface area contributed by atoms with E-state index < -0.39 is 18.1 Å². The maximum absolute atomic E-state index is 15.7. The molecule has 0 N–H and O–H groups in total. The zero-order valence-electron chi connectivity index (χ0n) is 24.6. The zero-order valence-corrected chi connectivity index (χ0v) is 24.6. The number of unbranched alkanes of at least 4 members (excludes halogenated alkanes) is 2. The van der Waals surface area contributed by atoms with Crippen LogP contribution in [0.5, 0.6) is 0 Å². The van der Waals surface area contributed by atoms with Gasteiger partial charge in [0.05, 0.1) is 0 Å². The van der Waals surface area contributed by atoms with Crippen molar-refractivity contribution in [2.75, 3.05) is 0 Å². The van der Waals surface area contributed by atoms with E-state index in [-0.39, 0.29) is 5.41 Å². The van der Waals surface area contributed by atoms with E-state index in [1.165, 1.54) is 88.2 Å². The summed E-state index contributed by atoms with van der Waals surface area (Å²) < 4.78 is 15.7. The van der Waals surface area contributed by atoms with Crippen molar-refractivity contribution in [3.63, 3.8) is 0 Å². The molecule has 3 aliphatic rings. The quantitative estimate of drug-likeness (QED) is 0.271. The molecule has 4 rings (SSSR count). The van der Waals surface area contributed by atoms with E-state index >= 15 is 4.39 Å². The molecule has 3 saturated carbocycles. The molecule has 0 saturated heterocycles. The van der Waals surface area contributed by atoms with Crippen LogP contribution in [0.25, 0.3) is 0 Å². The molecule has 3 heteroatoms. The molecular formula is C35H54FO2-. The number of hydrogen-bond acceptors (Lipinski definition) is 2. The summed E-state index contributed by atoms with van der Waals surface area (Å²) in [7, 11) is 0. The molecule has 0 bridgehead atoms. The molecule has 1 aromatic carbocycles. The number of carbonyl (C=O) groups excluding carboxylic acids is 1. The lowest BCUT2D eigenvalue weighted by Crippen LogP contribution is -2.49. The van der Waals surface area contributed by atoms with Gasteiger partial charge < -0.3 is 9.90 Å². The fourth-order valence-electron chi connectivity index (χ4n) is 8.96. The van der Waals surface area contributed by atoms with Crippen LogP contribution in [0.2, 0.25) is 0 Å². The van der Waals surface area contributed by atoms with Crippen molar-refractivity contribution in [2.45, 2.75) is 147 Å². The number of aliphatic carboxylic acids is 1. The van der Waals surface area contributed by atoms with E-state index in [2.05, 4.69) is 45.0 Å². The van der Waals surface area contributed by atoms with Crippen molar-refractivity contribution in [1.29, 1.82) is 0 Å². The predicted octanol–water partition coefficient (Wildman–Crippen LogP) is 8.91. The Labute approximate surface area is 232 Å². The molecule has 3 fully saturated rings. The topological polar surface area (TPSA) is 40.1 Å². The van der Waals surface area contributed by atoms with Crippen LogP contribution in [-0.4, -0.2) is 12.1 Å². The van der Waals surface area contributed by atoms with Gasteiger partial charge in [-0.3, -0.25) is 0 Å². The van der Waals surface area contributed by atoms with Gasteiger partial charge >= 0.3 is 0 Å². The average molecular weight is 526 g/mol. The fraction of sp³-hybridized carbons (Fsp3) is 0.800. The van der Waals surface area contributed by atoms with Crippen LogP contribution in [0.4, 0.5) is 4.39 Å². The monoisotopic (exact) mass is 525 g/mol. The Hall–Kier alpha value is -1.38. The number of carbonyl (C=O) groups is 1. The zero-order chi connectivity index (χ0) is 27.1. The van der Waals surface area contributed by atoms with Crippen molar-refractivity contribution in [3.05, 3.63) is 35.4 Å². The van der Waals surface area contributed by atoms with Crippen LogP contribution in [-0.2, 0) is 10.2 Å². The number of benzene rings is 1. The van der Waals surface area contributed by atoms with Gasteiger partial charge in [-0.05, 0) is 85.7 Å². The summed E-state index contributed by atoms with van der Waals surface area (Å²) in [6.45, 7) is 6.99. The third-order valence-corrected chi connectivity index (χ3v) is 11.3. The Kier molecular flexibility index (Phi) is 10.7. The first-order valence-electron chi connectivity index (χ1n) is 16.3. The molecule has 4 unspecified atom stereocenters. The third-order valence-electron chi connectivity index (χ3n) is 11.3. The smallest absolute Gasteiger partial charge is 0.109 e. The fourth-order valence-corrected chi connectivity index (χ4v) is 8.96. The lowest BCUT2D eigenvalue weighted by Gasteiger charge is -2.51. The van der Waals surface area contributed by atoms with Crippen molar-refractivity contribution >= 4 is 5.97 Å². The first-order chi connectivity index (χ1) is 18.4. The van der Waals surface area contributed by atoms with E-state index in [0.29, 0.717) is 30.6 Å². The highest BCUT2D eigenvalue weighted by Crippen LogP contribution is 2.55. The Morgan fingerprint density at radius 3 is 2.21 bits per heavy atom. The van der Waals surface area contributed by atoms with Crippen molar-refractivity contribution < 1.29 is 14.3 Å². The van der Waals surface area contributed by atoms with Crippen LogP contribution >= 0.6 is 0 Å². The molecule has 0 amide bonds. The summed E-state index contributed by atoms with van der Waals surface area (Å²) in [4.78, 5) is 11.8. The van der Waals surface area contributed by atoms with E-state index in [4.69, 9.17) is 0 Å². The minimum Gasteiger partial charge on any atom is -0.550 e. The molecule has 3 aliphatic carbocycles. The second-order valence-electron chi connectivity index (χ2n) is 13.5. The van der Waals surface area contributed by atoms with Crippen LogP contribution in [0.1, 0.15) is 147 Å². The van der Waals surface area contributed by atoms with Crippen molar-refractivity contribution in [3.8, 4) is 0 Å². The number of alkyl halides is 1. The molecule has 0 radical (unpaired) electrons. The molecule has 0 aromatic heterocycles. The Morgan fingerprint density at radius 2 is 1.58 bits per heavy atom. The number of hydrogen-bond donors (Lipinski definition) is 0. The average Bonchev–Trinajstić information content (AvgIpc) is 2.93. The molecule has 4 atom stereocenters. The second kappa shape index (κ2) is 13.8. The normalized spacial score (nSPS) is 35.1. The van der Waals surface area contributed by atoms with E-state index in [0.717, 1.165) is 31.1 Å². The Balaban J connectivity index is 1.59. The molecule has 0 heterocycles. The first kappa shape index (κ1) is 29.6. The van der Waals surface area contributed by atoms with Crippen LogP contribution in [0.3, 0.4) is 0 Å². The number of rotatable bonds is 11. The first-order valence-corrected chi connectivity index (χ1v) is 16.3. The van der Waals surface area contributed by atoms with Crippen LogP contribution < -0.4 is 5.11 Å². The molecule has 0 aliphatic heterocycles. The molecule has 1 aromatic rings. The van der Waals surface area contributed by atoms with Gasteiger partial charge in [-0.15, -0.1) is 0 Å². The molecule has 2 nitrogen and oxygen atoms in total. The van der Waals surface area contributed by atoms with E-state index in [9.17, 15) is 9.90 Å². The molecule has 0 spiro atoms. The van der Waals surface area contributed by atoms with Crippen LogP contribution in [0.15, 0.2) is 24.3 Å². The molecule has 38 heavy (non-hydrogen) atoms. The SMILES string of the molecule is CCCCCC1CCC(C2(c3ccccc3C(C)C3CCC(CCC)CC3)CCC(C(=O)[O-])C(F)C2)CC1. The van der Waals surface area contributed by atoms with Gasteiger partial charge in [0.25, 0.3) is 0 Å². The number of halogens is 1. The van der Waals surface area contributed by atoms with Gasteiger partial charge in [0.2, 0.25) is 0 Å². The van der Waals surface area contributed by atoms with Gasteiger partial charge in [-0.25, -0.2) is 4.39 Å². The highest BCUT2D eigenvalue weighted by Gasteiger charge is 2.49. The number of carboxylic acid groups (broad SMARTS) is 1. The summed E-state index contributed by atoms with van der Waals surface area (Å²) in [5.74, 6) is 1.15. The van der Waals surface area contributed by atoms with E-state index in [1.807, 2.05) is 0 Å². The third kappa shape index (κ3) is 6.67. The summed E-state index contributed by atoms with van der Waals surface area (Å²) in [6.07, 6.45) is 18.2. The lowest BCUT2D eigenvalue weighted by atomic mass is 9.54. The summed E-state index contributed by atoms with van der Waals surface area (Å²) in [6, 6.07) is 8.96. The Bertz CT molecular complexity index is 866. The van der Waals surface area contributed by atoms with Crippen LogP contribution in [0, 0.1) is 29.6 Å². The summed E-state index contributed by atoms with van der Waals surface area (Å²) in [5.41, 5.74) is 2.54. The highest BCUT2D eigenvalue weighted by atomic mass is 19.1. The minimum atomic E-state index is -1.32. The molecular weight excluding hydrogens is 471 g/mol. The van der Waals surface area contributed by atoms with Gasteiger partial charge in [-0.2, -0.15) is 0 Å². The highest BCUT2D eigenvalue weighted by molar-refractivity contribution is 5.68. The van der Waals surface area contributed by atoms with Crippen molar-refractivity contribution in [2.24, 2.45) is 29.6 Å². The number of carboxylic acids is 1. The summed E-state index contributed by atoms with van der Waals surface area (Å²) >= 11 is 0. The van der Waals surface area contributed by atoms with Gasteiger partial charge in [0.15, 0.2) is 0 Å². The minimum absolute atomic E-state index is 0.246. The molecule has 214 valence electrons. The van der Waals surface area contributed by atoms with E-state index in [1.54, 1.807) is 0 Å². The maximum atomic E-state index is 15.7. The lowest BCUT2D eigenvalue weighted by molar-refractivity contribution is -0.314. The second-order valence-corrected chi connectivity index (χ2v) is 13.5. The standard InChI is InChI=1S/C35H55FO2/c1-4-6-7-11-27-16-20-29(21-17-27)35(23-22-31(34(37)38)33(36)24-35)32-13-9-8-12-30(32)25(3)28-18-14-26(10-5-2)15-19-28/h8-9,12-13,25-29,31,33H,4-7,10-11,14-24H2,1-3H3,(H,37,38)/p-1. The van der Waals surface area contributed by atoms with Gasteiger partial charge in [-0.1, -0.05) is 109 Å². The largest absolute Gasteiger partial charge is 0.550 e. The maximum Gasteiger partial charge on any atom is 0.109 e. The Morgan fingerprint density at radius 1 is 0.921 bits per heavy atom. The van der Waals surface area contributed by atoms with Gasteiger partial charge in [0.1, 0.15) is 6.17 Å². The van der Waals surface area contributed by atoms with Crippen molar-refractivity contribution in [1.82, 2.24) is 0 Å². The predicted molar refractivity (Wildman–Crippen MR) is 154 cm³/mol. The summed E-state index contributed by atoms with van der Waals surface area (Å²) in [5, 5.41) is 11.8. The van der Waals surface area contributed by atoms with Gasteiger partial charge in [0, 0.05) is 17.3 Å².